The molecule has 1 heterocycles. The van der Waals surface area contributed by atoms with Crippen LogP contribution in [-0.4, -0.2) is 11.1 Å². The van der Waals surface area contributed by atoms with Crippen LogP contribution in [0.15, 0.2) is 96.8 Å². The van der Waals surface area contributed by atoms with Crippen LogP contribution in [-0.2, 0) is 9.63 Å². The molecular weight excluding hydrogens is 364 g/mol. The Hall–Kier alpha value is -3.57. The predicted molar refractivity (Wildman–Crippen MR) is 111 cm³/mol. The van der Waals surface area contributed by atoms with Gasteiger partial charge >= 0.3 is 0 Å². The van der Waals surface area contributed by atoms with Crippen LogP contribution in [0.2, 0.25) is 0 Å². The van der Waals surface area contributed by atoms with E-state index in [1.165, 1.54) is 0 Å². The van der Waals surface area contributed by atoms with E-state index in [1.807, 2.05) is 84.8 Å². The summed E-state index contributed by atoms with van der Waals surface area (Å²) in [6, 6.07) is 27.2. The van der Waals surface area contributed by atoms with Crippen LogP contribution in [0.25, 0.3) is 0 Å². The molecule has 29 heavy (non-hydrogen) atoms. The van der Waals surface area contributed by atoms with E-state index >= 15 is 0 Å². The first-order valence-electron chi connectivity index (χ1n) is 9.47. The lowest BCUT2D eigenvalue weighted by molar-refractivity contribution is -0.129. The van der Waals surface area contributed by atoms with E-state index in [0.717, 1.165) is 28.1 Å². The number of anilines is 1. The number of amides is 1. The lowest BCUT2D eigenvalue weighted by atomic mass is 9.90. The van der Waals surface area contributed by atoms with Gasteiger partial charge in [0.1, 0.15) is 11.8 Å². The Kier molecular flexibility index (Phi) is 5.31. The first-order chi connectivity index (χ1) is 14.2. The molecule has 0 spiro atoms. The van der Waals surface area contributed by atoms with Gasteiger partial charge in [0.05, 0.1) is 11.6 Å². The van der Waals surface area contributed by atoms with Gasteiger partial charge < -0.3 is 4.84 Å². The summed E-state index contributed by atoms with van der Waals surface area (Å²) in [6.45, 7) is 1.93. The largest absolute Gasteiger partial charge is 0.384 e. The van der Waals surface area contributed by atoms with Gasteiger partial charge in [-0.2, -0.15) is 5.06 Å². The van der Waals surface area contributed by atoms with E-state index < -0.39 is 11.8 Å². The maximum absolute atomic E-state index is 12.3. The Morgan fingerprint density at radius 3 is 2.14 bits per heavy atom. The Bertz CT molecular complexity index is 1000. The molecule has 4 rings (SSSR count). The number of carbonyl (C=O) groups is 1. The second-order valence-electron chi connectivity index (χ2n) is 6.96. The molecule has 0 bridgehead atoms. The average Bonchev–Trinajstić information content (AvgIpc) is 3.17. The maximum Gasteiger partial charge on any atom is 0.255 e. The van der Waals surface area contributed by atoms with E-state index in [9.17, 15) is 10.0 Å². The lowest BCUT2D eigenvalue weighted by Gasteiger charge is -2.26. The molecule has 3 aromatic carbocycles. The minimum absolute atomic E-state index is 0.0206. The molecule has 5 nitrogen and oxygen atoms in total. The fourth-order valence-electron chi connectivity index (χ4n) is 3.65. The molecule has 1 aliphatic rings. The molecule has 1 amide bonds. The summed E-state index contributed by atoms with van der Waals surface area (Å²) in [5, 5.41) is 11.1. The standard InChI is InChI=1S/C24H22N2O3/c1-17-16-22(18-8-4-2-5-9-18)26(29-17)21-14-12-20(13-15-21)23(24(27)25-28)19-10-6-3-7-11-19/h2-16,22-23,28H,1H3,(H,25,27). The van der Waals surface area contributed by atoms with Crippen molar-refractivity contribution in [1.82, 2.24) is 5.48 Å². The normalized spacial score (nSPS) is 16.7. The number of nitrogens with one attached hydrogen (secondary N) is 1. The first-order valence-corrected chi connectivity index (χ1v) is 9.47. The number of nitrogens with zero attached hydrogens (tertiary/aromatic N) is 1. The monoisotopic (exact) mass is 386 g/mol. The Labute approximate surface area is 169 Å². The lowest BCUT2D eigenvalue weighted by Crippen LogP contribution is -2.27. The minimum Gasteiger partial charge on any atom is -0.384 e. The summed E-state index contributed by atoms with van der Waals surface area (Å²) in [5.74, 6) is -0.231. The minimum atomic E-state index is -0.598. The van der Waals surface area contributed by atoms with Gasteiger partial charge in [-0.05, 0) is 41.8 Å². The zero-order valence-electron chi connectivity index (χ0n) is 16.0. The van der Waals surface area contributed by atoms with Gasteiger partial charge in [-0.1, -0.05) is 72.8 Å². The van der Waals surface area contributed by atoms with Gasteiger partial charge in [0, 0.05) is 0 Å². The van der Waals surface area contributed by atoms with Gasteiger partial charge in [0.25, 0.3) is 5.91 Å². The molecule has 0 aliphatic carbocycles. The molecule has 146 valence electrons. The number of hydroxylamine groups is 2. The van der Waals surface area contributed by atoms with Gasteiger partial charge in [-0.3, -0.25) is 10.0 Å². The molecule has 0 radical (unpaired) electrons. The smallest absolute Gasteiger partial charge is 0.255 e. The highest BCUT2D eigenvalue weighted by Crippen LogP contribution is 2.36. The van der Waals surface area contributed by atoms with E-state index in [-0.39, 0.29) is 6.04 Å². The van der Waals surface area contributed by atoms with Crippen molar-refractivity contribution in [3.63, 3.8) is 0 Å². The topological polar surface area (TPSA) is 61.8 Å². The molecule has 2 unspecified atom stereocenters. The molecule has 3 aromatic rings. The van der Waals surface area contributed by atoms with Crippen molar-refractivity contribution in [2.45, 2.75) is 18.9 Å². The highest BCUT2D eigenvalue weighted by atomic mass is 16.7. The molecule has 1 aliphatic heterocycles. The van der Waals surface area contributed by atoms with Crippen molar-refractivity contribution in [2.24, 2.45) is 0 Å². The molecule has 0 saturated carbocycles. The van der Waals surface area contributed by atoms with Crippen molar-refractivity contribution < 1.29 is 14.8 Å². The molecule has 0 fully saturated rings. The van der Waals surface area contributed by atoms with E-state index in [2.05, 4.69) is 18.2 Å². The summed E-state index contributed by atoms with van der Waals surface area (Å²) in [7, 11) is 0. The van der Waals surface area contributed by atoms with Crippen LogP contribution in [0.1, 0.15) is 35.6 Å². The van der Waals surface area contributed by atoms with Crippen molar-refractivity contribution in [3.05, 3.63) is 113 Å². The fourth-order valence-corrected chi connectivity index (χ4v) is 3.65. The van der Waals surface area contributed by atoms with Crippen molar-refractivity contribution in [3.8, 4) is 0 Å². The molecule has 5 heteroatoms. The van der Waals surface area contributed by atoms with Crippen LogP contribution in [0.4, 0.5) is 5.69 Å². The third-order valence-electron chi connectivity index (χ3n) is 5.01. The first kappa shape index (κ1) is 18.8. The Morgan fingerprint density at radius 2 is 1.52 bits per heavy atom. The van der Waals surface area contributed by atoms with Crippen LogP contribution in [0.5, 0.6) is 0 Å². The predicted octanol–water partition coefficient (Wildman–Crippen LogP) is 4.72. The third kappa shape index (κ3) is 3.86. The number of carbonyl (C=O) groups excluding carboxylic acids is 1. The SMILES string of the molecule is CC1=CC(c2ccccc2)N(c2ccc(C(C(=O)NO)c3ccccc3)cc2)O1. The second kappa shape index (κ2) is 8.20. The zero-order chi connectivity index (χ0) is 20.2. The van der Waals surface area contributed by atoms with Crippen molar-refractivity contribution in [2.75, 3.05) is 5.06 Å². The summed E-state index contributed by atoms with van der Waals surface area (Å²) < 4.78 is 0. The van der Waals surface area contributed by atoms with Gasteiger partial charge in [-0.25, -0.2) is 5.48 Å². The average molecular weight is 386 g/mol. The van der Waals surface area contributed by atoms with Crippen molar-refractivity contribution >= 4 is 11.6 Å². The maximum atomic E-state index is 12.3. The molecule has 2 N–H and O–H groups in total. The highest BCUT2D eigenvalue weighted by Gasteiger charge is 2.28. The molecular formula is C24H22N2O3. The molecule has 0 saturated heterocycles. The summed E-state index contributed by atoms with van der Waals surface area (Å²) in [6.07, 6.45) is 2.08. The van der Waals surface area contributed by atoms with Gasteiger partial charge in [0.15, 0.2) is 0 Å². The van der Waals surface area contributed by atoms with Crippen molar-refractivity contribution in [1.29, 1.82) is 0 Å². The van der Waals surface area contributed by atoms with Crippen LogP contribution >= 0.6 is 0 Å². The summed E-state index contributed by atoms with van der Waals surface area (Å²) in [5.41, 5.74) is 5.39. The Balaban J connectivity index is 1.64. The van der Waals surface area contributed by atoms with Crippen LogP contribution in [0.3, 0.4) is 0 Å². The third-order valence-corrected chi connectivity index (χ3v) is 5.01. The quantitative estimate of drug-likeness (QED) is 0.492. The molecule has 0 aromatic heterocycles. The number of hydrogen-bond acceptors (Lipinski definition) is 4. The number of rotatable bonds is 5. The van der Waals surface area contributed by atoms with E-state index in [1.54, 1.807) is 5.48 Å². The van der Waals surface area contributed by atoms with Crippen LogP contribution < -0.4 is 10.5 Å². The van der Waals surface area contributed by atoms with E-state index in [0.29, 0.717) is 0 Å². The molecule has 2 atom stereocenters. The van der Waals surface area contributed by atoms with Gasteiger partial charge in [0.2, 0.25) is 0 Å². The highest BCUT2D eigenvalue weighted by molar-refractivity contribution is 5.86. The summed E-state index contributed by atoms with van der Waals surface area (Å²) in [4.78, 5) is 18.3. The number of hydrogen-bond donors (Lipinski definition) is 2. The zero-order valence-corrected chi connectivity index (χ0v) is 16.0. The van der Waals surface area contributed by atoms with Crippen LogP contribution in [0, 0.1) is 0 Å². The van der Waals surface area contributed by atoms with E-state index in [4.69, 9.17) is 4.84 Å². The Morgan fingerprint density at radius 1 is 0.931 bits per heavy atom. The number of benzene rings is 3. The second-order valence-corrected chi connectivity index (χ2v) is 6.96. The number of allylic oxidation sites excluding steroid dienone is 1. The van der Waals surface area contributed by atoms with Gasteiger partial charge in [-0.15, -0.1) is 0 Å². The summed E-state index contributed by atoms with van der Waals surface area (Å²) >= 11 is 0. The fraction of sp³-hybridized carbons (Fsp3) is 0.125.